The molecule has 0 amide bonds. The summed E-state index contributed by atoms with van der Waals surface area (Å²) in [6.07, 6.45) is 2.48. The minimum absolute atomic E-state index is 0.0979. The van der Waals surface area contributed by atoms with E-state index in [2.05, 4.69) is 4.90 Å². The molecule has 1 heterocycles. The average molecular weight is 422 g/mol. The molecule has 1 unspecified atom stereocenters. The third-order valence-corrected chi connectivity index (χ3v) is 5.91. The topological polar surface area (TPSA) is 49.8 Å². The summed E-state index contributed by atoms with van der Waals surface area (Å²) in [6.45, 7) is 2.43. The van der Waals surface area contributed by atoms with Gasteiger partial charge in [-0.2, -0.15) is 0 Å². The molecule has 1 saturated carbocycles. The van der Waals surface area contributed by atoms with E-state index < -0.39 is 11.8 Å². The highest BCUT2D eigenvalue weighted by Crippen LogP contribution is 2.42. The Morgan fingerprint density at radius 1 is 1.21 bits per heavy atom. The lowest BCUT2D eigenvalue weighted by atomic mass is 9.98. The summed E-state index contributed by atoms with van der Waals surface area (Å²) in [5.41, 5.74) is 2.35. The number of hydrogen-bond acceptors (Lipinski definition) is 3. The third kappa shape index (κ3) is 4.77. The first-order chi connectivity index (χ1) is 13.9. The van der Waals surface area contributed by atoms with Crippen LogP contribution in [0.5, 0.6) is 0 Å². The van der Waals surface area contributed by atoms with Gasteiger partial charge < -0.3 is 9.84 Å². The predicted molar refractivity (Wildman–Crippen MR) is 105 cm³/mol. The Morgan fingerprint density at radius 2 is 2.00 bits per heavy atom. The molecule has 1 aliphatic carbocycles. The molecule has 7 heteroatoms. The Bertz CT molecular complexity index is 933. The first-order valence-corrected chi connectivity index (χ1v) is 10.1. The van der Waals surface area contributed by atoms with Gasteiger partial charge in [0.25, 0.3) is 0 Å². The van der Waals surface area contributed by atoms with Gasteiger partial charge in [0.1, 0.15) is 11.6 Å². The van der Waals surface area contributed by atoms with Crippen molar-refractivity contribution < 1.29 is 23.4 Å². The zero-order valence-electron chi connectivity index (χ0n) is 15.8. The highest BCUT2D eigenvalue weighted by atomic mass is 35.5. The number of carboxylic acid groups (broad SMARTS) is 1. The molecule has 0 aromatic heterocycles. The van der Waals surface area contributed by atoms with E-state index in [1.54, 1.807) is 6.07 Å². The summed E-state index contributed by atoms with van der Waals surface area (Å²) < 4.78 is 33.4. The van der Waals surface area contributed by atoms with Crippen LogP contribution in [0.2, 0.25) is 5.02 Å². The van der Waals surface area contributed by atoms with Gasteiger partial charge in [0.15, 0.2) is 0 Å². The molecule has 0 radical (unpaired) electrons. The zero-order valence-corrected chi connectivity index (χ0v) is 16.6. The normalized spacial score (nSPS) is 20.0. The van der Waals surface area contributed by atoms with Gasteiger partial charge in [-0.05, 0) is 59.7 Å². The van der Waals surface area contributed by atoms with Gasteiger partial charge in [0.2, 0.25) is 0 Å². The summed E-state index contributed by atoms with van der Waals surface area (Å²) >= 11 is 6.14. The summed E-state index contributed by atoms with van der Waals surface area (Å²) in [6, 6.07) is 7.23. The first-order valence-electron chi connectivity index (χ1n) is 9.74. The minimum Gasteiger partial charge on any atom is -0.478 e. The Labute approximate surface area is 173 Å². The molecule has 2 aromatic rings. The Hall–Kier alpha value is -2.02. The van der Waals surface area contributed by atoms with Crippen LogP contribution in [0.25, 0.3) is 0 Å². The number of halogens is 3. The lowest BCUT2D eigenvalue weighted by molar-refractivity contribution is -0.0305. The maximum Gasteiger partial charge on any atom is 0.338 e. The first kappa shape index (κ1) is 20.3. The van der Waals surface area contributed by atoms with Crippen molar-refractivity contribution in [2.75, 3.05) is 19.7 Å². The molecule has 0 spiro atoms. The Morgan fingerprint density at radius 3 is 2.69 bits per heavy atom. The van der Waals surface area contributed by atoms with Crippen molar-refractivity contribution in [3.05, 3.63) is 69.2 Å². The smallest absolute Gasteiger partial charge is 0.338 e. The van der Waals surface area contributed by atoms with Crippen molar-refractivity contribution in [1.29, 1.82) is 0 Å². The number of morpholine rings is 1. The van der Waals surface area contributed by atoms with E-state index >= 15 is 0 Å². The number of carboxylic acids is 1. The molecule has 154 valence electrons. The summed E-state index contributed by atoms with van der Waals surface area (Å²) in [5.74, 6) is -1.98. The second-order valence-corrected chi connectivity index (χ2v) is 8.19. The molecule has 29 heavy (non-hydrogen) atoms. The molecule has 1 N–H and O–H groups in total. The van der Waals surface area contributed by atoms with Gasteiger partial charge in [-0.1, -0.05) is 17.7 Å². The van der Waals surface area contributed by atoms with E-state index in [1.165, 1.54) is 24.3 Å². The fourth-order valence-corrected chi connectivity index (χ4v) is 4.17. The number of hydrogen-bond donors (Lipinski definition) is 1. The fraction of sp³-hybridized carbons (Fsp3) is 0.409. The molecule has 2 aliphatic rings. The van der Waals surface area contributed by atoms with Crippen LogP contribution in [0.4, 0.5) is 8.78 Å². The number of ether oxygens (including phenoxy) is 1. The molecule has 0 bridgehead atoms. The Balaban J connectivity index is 1.48. The highest BCUT2D eigenvalue weighted by Gasteiger charge is 2.30. The van der Waals surface area contributed by atoms with Gasteiger partial charge in [-0.3, -0.25) is 4.90 Å². The summed E-state index contributed by atoms with van der Waals surface area (Å²) in [4.78, 5) is 13.5. The van der Waals surface area contributed by atoms with E-state index in [-0.39, 0.29) is 17.5 Å². The van der Waals surface area contributed by atoms with E-state index in [0.717, 1.165) is 29.5 Å². The monoisotopic (exact) mass is 421 g/mol. The Kier molecular flexibility index (Phi) is 5.86. The quantitative estimate of drug-likeness (QED) is 0.738. The van der Waals surface area contributed by atoms with Crippen LogP contribution in [0.3, 0.4) is 0 Å². The third-order valence-electron chi connectivity index (χ3n) is 5.56. The maximum atomic E-state index is 14.3. The SMILES string of the molecule is O=C(O)c1cc(C2CC2)c(CN2CCOC(Cc3ccc(F)cc3Cl)C2)cc1F. The summed E-state index contributed by atoms with van der Waals surface area (Å²) in [5, 5.41) is 9.60. The van der Waals surface area contributed by atoms with Crippen molar-refractivity contribution in [3.63, 3.8) is 0 Å². The number of rotatable bonds is 6. The van der Waals surface area contributed by atoms with Crippen LogP contribution in [-0.4, -0.2) is 41.8 Å². The van der Waals surface area contributed by atoms with Gasteiger partial charge in [-0.25, -0.2) is 13.6 Å². The van der Waals surface area contributed by atoms with Gasteiger partial charge >= 0.3 is 5.97 Å². The van der Waals surface area contributed by atoms with Crippen LogP contribution in [0.1, 0.15) is 45.8 Å². The minimum atomic E-state index is -1.24. The largest absolute Gasteiger partial charge is 0.478 e. The second kappa shape index (κ2) is 8.38. The average Bonchev–Trinajstić information content (AvgIpc) is 3.49. The van der Waals surface area contributed by atoms with Crippen LogP contribution >= 0.6 is 11.6 Å². The van der Waals surface area contributed by atoms with Crippen LogP contribution in [0, 0.1) is 11.6 Å². The van der Waals surface area contributed by atoms with E-state index in [0.29, 0.717) is 43.6 Å². The molecule has 4 rings (SSSR count). The standard InChI is InChI=1S/C22H22ClF2NO3/c23-20-9-16(24)4-3-14(20)7-17-12-26(5-6-29-17)11-15-8-21(25)19(22(27)28)10-18(15)13-1-2-13/h3-4,8-10,13,17H,1-2,5-7,11-12H2,(H,27,28). The number of aromatic carboxylic acids is 1. The lowest BCUT2D eigenvalue weighted by Crippen LogP contribution is -2.43. The van der Waals surface area contributed by atoms with Gasteiger partial charge in [0, 0.05) is 31.1 Å². The molecular weight excluding hydrogens is 400 g/mol. The van der Waals surface area contributed by atoms with E-state index in [1.807, 2.05) is 0 Å². The van der Waals surface area contributed by atoms with Crippen molar-refractivity contribution in [1.82, 2.24) is 4.90 Å². The zero-order chi connectivity index (χ0) is 20.5. The van der Waals surface area contributed by atoms with E-state index in [4.69, 9.17) is 16.3 Å². The van der Waals surface area contributed by atoms with E-state index in [9.17, 15) is 18.7 Å². The number of benzene rings is 2. The van der Waals surface area contributed by atoms with Crippen LogP contribution in [-0.2, 0) is 17.7 Å². The second-order valence-electron chi connectivity index (χ2n) is 7.78. The number of nitrogens with zero attached hydrogens (tertiary/aromatic N) is 1. The molecular formula is C22H22ClF2NO3. The molecule has 2 aromatic carbocycles. The molecule has 1 atom stereocenters. The van der Waals surface area contributed by atoms with Gasteiger partial charge in [0.05, 0.1) is 18.3 Å². The summed E-state index contributed by atoms with van der Waals surface area (Å²) in [7, 11) is 0. The number of carbonyl (C=O) groups is 1. The van der Waals surface area contributed by atoms with Gasteiger partial charge in [-0.15, -0.1) is 0 Å². The van der Waals surface area contributed by atoms with Crippen molar-refractivity contribution >= 4 is 17.6 Å². The predicted octanol–water partition coefficient (Wildman–Crippen LogP) is 4.64. The molecule has 4 nitrogen and oxygen atoms in total. The molecule has 1 saturated heterocycles. The van der Waals surface area contributed by atoms with Crippen LogP contribution < -0.4 is 0 Å². The lowest BCUT2D eigenvalue weighted by Gasteiger charge is -2.33. The molecule has 1 aliphatic heterocycles. The van der Waals surface area contributed by atoms with Crippen molar-refractivity contribution in [2.45, 2.75) is 37.8 Å². The van der Waals surface area contributed by atoms with Crippen molar-refractivity contribution in [2.24, 2.45) is 0 Å². The molecule has 2 fully saturated rings. The van der Waals surface area contributed by atoms with Crippen molar-refractivity contribution in [3.8, 4) is 0 Å². The van der Waals surface area contributed by atoms with Crippen LogP contribution in [0.15, 0.2) is 30.3 Å². The highest BCUT2D eigenvalue weighted by molar-refractivity contribution is 6.31. The fourth-order valence-electron chi connectivity index (χ4n) is 3.93. The maximum absolute atomic E-state index is 14.3.